The first-order valence-corrected chi connectivity index (χ1v) is 10.2. The average molecular weight is 447 g/mol. The van der Waals surface area contributed by atoms with E-state index >= 15 is 0 Å². The summed E-state index contributed by atoms with van der Waals surface area (Å²) in [5.74, 6) is 0.684. The highest BCUT2D eigenvalue weighted by Crippen LogP contribution is 2.27. The van der Waals surface area contributed by atoms with E-state index in [1.54, 1.807) is 48.5 Å². The van der Waals surface area contributed by atoms with E-state index in [0.717, 1.165) is 11.1 Å². The Labute approximate surface area is 189 Å². The van der Waals surface area contributed by atoms with Crippen LogP contribution in [0.25, 0.3) is 17.4 Å². The van der Waals surface area contributed by atoms with Gasteiger partial charge in [-0.25, -0.2) is 0 Å². The summed E-state index contributed by atoms with van der Waals surface area (Å²) < 4.78 is 10.9. The first kappa shape index (κ1) is 21.2. The molecular formula is C25H19ClN2O4. The predicted octanol–water partition coefficient (Wildman–Crippen LogP) is 6.41. The van der Waals surface area contributed by atoms with Crippen LogP contribution in [0, 0.1) is 6.92 Å². The Kier molecular flexibility index (Phi) is 6.24. The Balaban J connectivity index is 1.38. The van der Waals surface area contributed by atoms with E-state index in [1.165, 1.54) is 12.3 Å². The largest absolute Gasteiger partial charge is 0.459 e. The number of hydrogen-bond donors (Lipinski definition) is 2. The van der Waals surface area contributed by atoms with E-state index in [0.29, 0.717) is 27.9 Å². The Morgan fingerprint density at radius 2 is 1.75 bits per heavy atom. The van der Waals surface area contributed by atoms with Crippen LogP contribution in [-0.4, -0.2) is 11.8 Å². The van der Waals surface area contributed by atoms with Gasteiger partial charge in [0.1, 0.15) is 11.5 Å². The van der Waals surface area contributed by atoms with Crippen molar-refractivity contribution in [2.45, 2.75) is 6.92 Å². The maximum Gasteiger partial charge on any atom is 0.291 e. The average Bonchev–Trinajstić information content (AvgIpc) is 3.47. The number of anilines is 2. The molecule has 0 spiro atoms. The summed E-state index contributed by atoms with van der Waals surface area (Å²) in [5.41, 5.74) is 2.91. The highest BCUT2D eigenvalue weighted by molar-refractivity contribution is 6.31. The third-order valence-electron chi connectivity index (χ3n) is 4.62. The SMILES string of the molecule is Cc1ccc(-c2ccc(/C=C/C(=O)Nc3cccc(NC(=O)c4ccco4)c3)o2)cc1Cl. The quantitative estimate of drug-likeness (QED) is 0.335. The van der Waals surface area contributed by atoms with Gasteiger partial charge in [0.25, 0.3) is 5.91 Å². The zero-order valence-corrected chi connectivity index (χ0v) is 17.8. The molecule has 6 nitrogen and oxygen atoms in total. The lowest BCUT2D eigenvalue weighted by Gasteiger charge is -2.06. The third kappa shape index (κ3) is 5.17. The second-order valence-corrected chi connectivity index (χ2v) is 7.41. The molecule has 2 aromatic carbocycles. The van der Waals surface area contributed by atoms with Crippen molar-refractivity contribution >= 4 is 40.9 Å². The number of hydrogen-bond acceptors (Lipinski definition) is 4. The van der Waals surface area contributed by atoms with Crippen molar-refractivity contribution < 1.29 is 18.4 Å². The summed E-state index contributed by atoms with van der Waals surface area (Å²) >= 11 is 6.18. The van der Waals surface area contributed by atoms with Crippen LogP contribution in [0.5, 0.6) is 0 Å². The zero-order chi connectivity index (χ0) is 22.5. The maximum atomic E-state index is 12.3. The molecule has 0 bridgehead atoms. The molecule has 2 heterocycles. The van der Waals surface area contributed by atoms with Gasteiger partial charge in [0, 0.05) is 28.0 Å². The molecule has 0 unspecified atom stereocenters. The number of carbonyl (C=O) groups excluding carboxylic acids is 2. The molecule has 0 saturated carbocycles. The monoisotopic (exact) mass is 446 g/mol. The summed E-state index contributed by atoms with van der Waals surface area (Å²) in [6, 6.07) is 19.3. The molecule has 7 heteroatoms. The number of amides is 2. The minimum absolute atomic E-state index is 0.202. The topological polar surface area (TPSA) is 84.5 Å². The summed E-state index contributed by atoms with van der Waals surface area (Å²) in [5, 5.41) is 6.13. The fraction of sp³-hybridized carbons (Fsp3) is 0.0400. The van der Waals surface area contributed by atoms with Gasteiger partial charge >= 0.3 is 0 Å². The highest BCUT2D eigenvalue weighted by Gasteiger charge is 2.09. The maximum absolute atomic E-state index is 12.3. The van der Waals surface area contributed by atoms with E-state index in [-0.39, 0.29) is 17.6 Å². The lowest BCUT2D eigenvalue weighted by atomic mass is 10.1. The fourth-order valence-corrected chi connectivity index (χ4v) is 3.14. The van der Waals surface area contributed by atoms with Crippen molar-refractivity contribution in [1.82, 2.24) is 0 Å². The number of nitrogens with one attached hydrogen (secondary N) is 2. The van der Waals surface area contributed by atoms with Crippen molar-refractivity contribution in [3.63, 3.8) is 0 Å². The van der Waals surface area contributed by atoms with E-state index in [9.17, 15) is 9.59 Å². The summed E-state index contributed by atoms with van der Waals surface area (Å²) in [6.07, 6.45) is 4.38. The van der Waals surface area contributed by atoms with Crippen molar-refractivity contribution in [3.8, 4) is 11.3 Å². The molecule has 160 valence electrons. The van der Waals surface area contributed by atoms with Gasteiger partial charge in [-0.3, -0.25) is 9.59 Å². The van der Waals surface area contributed by atoms with Crippen LogP contribution < -0.4 is 10.6 Å². The lowest BCUT2D eigenvalue weighted by molar-refractivity contribution is -0.111. The van der Waals surface area contributed by atoms with Gasteiger partial charge in [0.2, 0.25) is 5.91 Å². The number of halogens is 1. The van der Waals surface area contributed by atoms with Crippen molar-refractivity contribution in [2.24, 2.45) is 0 Å². The number of carbonyl (C=O) groups is 2. The van der Waals surface area contributed by atoms with Gasteiger partial charge in [0.15, 0.2) is 5.76 Å². The zero-order valence-electron chi connectivity index (χ0n) is 17.1. The molecule has 0 aliphatic rings. The molecule has 4 aromatic rings. The number of rotatable bonds is 6. The van der Waals surface area contributed by atoms with Gasteiger partial charge in [-0.15, -0.1) is 0 Å². The Bertz CT molecular complexity index is 1290. The van der Waals surface area contributed by atoms with Crippen molar-refractivity contribution in [3.05, 3.63) is 101 Å². The van der Waals surface area contributed by atoms with Crippen LogP contribution in [0.3, 0.4) is 0 Å². The third-order valence-corrected chi connectivity index (χ3v) is 5.02. The van der Waals surface area contributed by atoms with Gasteiger partial charge in [-0.1, -0.05) is 29.8 Å². The van der Waals surface area contributed by atoms with Gasteiger partial charge < -0.3 is 19.5 Å². The molecule has 2 aromatic heterocycles. The lowest BCUT2D eigenvalue weighted by Crippen LogP contribution is -2.12. The first-order valence-electron chi connectivity index (χ1n) is 9.78. The van der Waals surface area contributed by atoms with Crippen LogP contribution in [0.1, 0.15) is 21.9 Å². The number of aryl methyl sites for hydroxylation is 1. The normalized spacial score (nSPS) is 10.9. The molecule has 2 N–H and O–H groups in total. The molecule has 0 aliphatic heterocycles. The molecular weight excluding hydrogens is 428 g/mol. The smallest absolute Gasteiger partial charge is 0.291 e. The van der Waals surface area contributed by atoms with E-state index < -0.39 is 0 Å². The second kappa shape index (κ2) is 9.41. The fourth-order valence-electron chi connectivity index (χ4n) is 2.96. The molecule has 4 rings (SSSR count). The van der Waals surface area contributed by atoms with Gasteiger partial charge in [0.05, 0.1) is 6.26 Å². The molecule has 2 amide bonds. The first-order chi connectivity index (χ1) is 15.5. The second-order valence-electron chi connectivity index (χ2n) is 7.00. The summed E-state index contributed by atoms with van der Waals surface area (Å²) in [6.45, 7) is 1.93. The predicted molar refractivity (Wildman–Crippen MR) is 125 cm³/mol. The number of benzene rings is 2. The Hall–Kier alpha value is -4.03. The highest BCUT2D eigenvalue weighted by atomic mass is 35.5. The summed E-state index contributed by atoms with van der Waals surface area (Å²) in [4.78, 5) is 24.4. The molecule has 0 saturated heterocycles. The summed E-state index contributed by atoms with van der Waals surface area (Å²) in [7, 11) is 0. The van der Waals surface area contributed by atoms with Crippen molar-refractivity contribution in [1.29, 1.82) is 0 Å². The van der Waals surface area contributed by atoms with Gasteiger partial charge in [-0.2, -0.15) is 0 Å². The van der Waals surface area contributed by atoms with E-state index in [4.69, 9.17) is 20.4 Å². The van der Waals surface area contributed by atoms with Crippen LogP contribution in [0.15, 0.2) is 87.9 Å². The van der Waals surface area contributed by atoms with Crippen LogP contribution in [-0.2, 0) is 4.79 Å². The molecule has 32 heavy (non-hydrogen) atoms. The van der Waals surface area contributed by atoms with Crippen LogP contribution >= 0.6 is 11.6 Å². The van der Waals surface area contributed by atoms with Crippen LogP contribution in [0.2, 0.25) is 5.02 Å². The van der Waals surface area contributed by atoms with Crippen molar-refractivity contribution in [2.75, 3.05) is 10.6 Å². The van der Waals surface area contributed by atoms with Gasteiger partial charge in [-0.05, 0) is 67.1 Å². The Morgan fingerprint density at radius 3 is 2.50 bits per heavy atom. The van der Waals surface area contributed by atoms with Crippen LogP contribution in [0.4, 0.5) is 11.4 Å². The Morgan fingerprint density at radius 1 is 0.938 bits per heavy atom. The molecule has 0 atom stereocenters. The minimum atomic E-state index is -0.373. The molecule has 0 aliphatic carbocycles. The molecule has 0 fully saturated rings. The van der Waals surface area contributed by atoms with E-state index in [1.807, 2.05) is 31.2 Å². The molecule has 0 radical (unpaired) electrons. The minimum Gasteiger partial charge on any atom is -0.459 e. The standard InChI is InChI=1S/C25H19ClN2O4/c1-16-7-8-17(14-21(16)26)22-11-9-20(32-22)10-12-24(29)27-18-4-2-5-19(15-18)28-25(30)23-6-3-13-31-23/h2-15H,1H3,(H,27,29)(H,28,30)/b12-10+. The van der Waals surface area contributed by atoms with E-state index in [2.05, 4.69) is 10.6 Å². The number of furan rings is 2.